The number of carboxylic acids is 1. The van der Waals surface area contributed by atoms with E-state index in [4.69, 9.17) is 28.3 Å². The number of hydrogen-bond donors (Lipinski definition) is 2. The van der Waals surface area contributed by atoms with Crippen molar-refractivity contribution in [3.63, 3.8) is 0 Å². The lowest BCUT2D eigenvalue weighted by Gasteiger charge is -2.06. The summed E-state index contributed by atoms with van der Waals surface area (Å²) in [5.74, 6) is -1.04. The first kappa shape index (κ1) is 13.1. The zero-order valence-electron chi connectivity index (χ0n) is 8.98. The maximum absolute atomic E-state index is 10.8. The van der Waals surface area contributed by atoms with Gasteiger partial charge < -0.3 is 10.4 Å². The maximum Gasteiger partial charge on any atom is 0.337 e. The molecule has 0 radical (unpaired) electrons. The Bertz CT molecular complexity index is 586. The van der Waals surface area contributed by atoms with Crippen molar-refractivity contribution >= 4 is 46.2 Å². The van der Waals surface area contributed by atoms with Crippen LogP contribution in [-0.4, -0.2) is 16.1 Å². The monoisotopic (exact) mass is 302 g/mol. The van der Waals surface area contributed by atoms with Gasteiger partial charge >= 0.3 is 5.97 Å². The van der Waals surface area contributed by atoms with Crippen molar-refractivity contribution in [1.29, 1.82) is 0 Å². The van der Waals surface area contributed by atoms with E-state index in [2.05, 4.69) is 10.3 Å². The first-order chi connectivity index (χ1) is 8.56. The van der Waals surface area contributed by atoms with Crippen LogP contribution in [0.3, 0.4) is 0 Å². The Kier molecular flexibility index (Phi) is 4.06. The Balaban J connectivity index is 2.06. The van der Waals surface area contributed by atoms with Crippen molar-refractivity contribution in [2.24, 2.45) is 0 Å². The SMILES string of the molecule is O=C(O)c1ccc(NCc2cnc(Cl)s2)cc1Cl. The molecular formula is C11H8Cl2N2O2S. The highest BCUT2D eigenvalue weighted by Gasteiger charge is 2.08. The highest BCUT2D eigenvalue weighted by Crippen LogP contribution is 2.23. The Morgan fingerprint density at radius 3 is 2.78 bits per heavy atom. The molecule has 0 aliphatic heterocycles. The number of benzene rings is 1. The summed E-state index contributed by atoms with van der Waals surface area (Å²) in [6.07, 6.45) is 1.69. The Morgan fingerprint density at radius 2 is 2.22 bits per heavy atom. The van der Waals surface area contributed by atoms with Gasteiger partial charge in [0, 0.05) is 16.8 Å². The fourth-order valence-corrected chi connectivity index (χ4v) is 2.53. The van der Waals surface area contributed by atoms with E-state index >= 15 is 0 Å². The molecule has 0 amide bonds. The van der Waals surface area contributed by atoms with Crippen LogP contribution in [0.15, 0.2) is 24.4 Å². The smallest absolute Gasteiger partial charge is 0.337 e. The number of aromatic carboxylic acids is 1. The van der Waals surface area contributed by atoms with Crippen LogP contribution >= 0.6 is 34.5 Å². The third-order valence-corrected chi connectivity index (χ3v) is 3.62. The highest BCUT2D eigenvalue weighted by molar-refractivity contribution is 7.15. The molecule has 1 heterocycles. The summed E-state index contributed by atoms with van der Waals surface area (Å²) in [5.41, 5.74) is 0.831. The van der Waals surface area contributed by atoms with Gasteiger partial charge in [-0.05, 0) is 18.2 Å². The minimum atomic E-state index is -1.04. The second kappa shape index (κ2) is 5.56. The average molecular weight is 303 g/mol. The van der Waals surface area contributed by atoms with E-state index in [0.717, 1.165) is 10.6 Å². The first-order valence-electron chi connectivity index (χ1n) is 4.93. The number of thiazole rings is 1. The van der Waals surface area contributed by atoms with Crippen molar-refractivity contribution in [3.05, 3.63) is 44.3 Å². The molecular weight excluding hydrogens is 295 g/mol. The number of aromatic nitrogens is 1. The van der Waals surface area contributed by atoms with Gasteiger partial charge in [0.05, 0.1) is 17.1 Å². The van der Waals surface area contributed by atoms with Crippen LogP contribution in [0, 0.1) is 0 Å². The van der Waals surface area contributed by atoms with Crippen LogP contribution in [0.4, 0.5) is 5.69 Å². The number of nitrogens with zero attached hydrogens (tertiary/aromatic N) is 1. The molecule has 1 aromatic heterocycles. The number of hydrogen-bond acceptors (Lipinski definition) is 4. The minimum absolute atomic E-state index is 0.0862. The average Bonchev–Trinajstić information content (AvgIpc) is 2.72. The lowest BCUT2D eigenvalue weighted by atomic mass is 10.2. The molecule has 1 aromatic carbocycles. The maximum atomic E-state index is 10.8. The number of halogens is 2. The predicted molar refractivity (Wildman–Crippen MR) is 72.9 cm³/mol. The molecule has 4 nitrogen and oxygen atoms in total. The summed E-state index contributed by atoms with van der Waals surface area (Å²) >= 11 is 13.0. The van der Waals surface area contributed by atoms with Crippen molar-refractivity contribution in [3.8, 4) is 0 Å². The van der Waals surface area contributed by atoms with Gasteiger partial charge in [0.1, 0.15) is 0 Å². The molecule has 0 spiro atoms. The molecule has 0 aliphatic rings. The lowest BCUT2D eigenvalue weighted by molar-refractivity contribution is 0.0697. The van der Waals surface area contributed by atoms with Crippen molar-refractivity contribution in [2.45, 2.75) is 6.54 Å². The van der Waals surface area contributed by atoms with Crippen molar-refractivity contribution < 1.29 is 9.90 Å². The number of anilines is 1. The van der Waals surface area contributed by atoms with Crippen LogP contribution in [-0.2, 0) is 6.54 Å². The van der Waals surface area contributed by atoms with Gasteiger partial charge in [-0.2, -0.15) is 0 Å². The topological polar surface area (TPSA) is 62.2 Å². The standard InChI is InChI=1S/C11H8Cl2N2O2S/c12-9-3-6(1-2-8(9)10(16)17)14-4-7-5-15-11(13)18-7/h1-3,5,14H,4H2,(H,16,17). The number of carboxylic acid groups (broad SMARTS) is 1. The lowest BCUT2D eigenvalue weighted by Crippen LogP contribution is -2.00. The Labute approximate surface area is 117 Å². The fraction of sp³-hybridized carbons (Fsp3) is 0.0909. The Morgan fingerprint density at radius 1 is 1.44 bits per heavy atom. The quantitative estimate of drug-likeness (QED) is 0.902. The van der Waals surface area contributed by atoms with Crippen LogP contribution in [0.5, 0.6) is 0 Å². The van der Waals surface area contributed by atoms with E-state index in [-0.39, 0.29) is 10.6 Å². The normalized spacial score (nSPS) is 10.3. The van der Waals surface area contributed by atoms with E-state index in [1.54, 1.807) is 18.3 Å². The van der Waals surface area contributed by atoms with Gasteiger partial charge in [-0.15, -0.1) is 11.3 Å². The molecule has 7 heteroatoms. The number of carbonyl (C=O) groups is 1. The molecule has 0 bridgehead atoms. The van der Waals surface area contributed by atoms with E-state index < -0.39 is 5.97 Å². The summed E-state index contributed by atoms with van der Waals surface area (Å²) in [7, 11) is 0. The zero-order chi connectivity index (χ0) is 13.1. The molecule has 0 unspecified atom stereocenters. The summed E-state index contributed by atoms with van der Waals surface area (Å²) < 4.78 is 0.492. The summed E-state index contributed by atoms with van der Waals surface area (Å²) in [5, 5.41) is 12.2. The van der Waals surface area contributed by atoms with Crippen LogP contribution < -0.4 is 5.32 Å². The molecule has 2 rings (SSSR count). The van der Waals surface area contributed by atoms with Crippen LogP contribution in [0.2, 0.25) is 9.49 Å². The summed E-state index contributed by atoms with van der Waals surface area (Å²) in [6, 6.07) is 4.71. The third kappa shape index (κ3) is 3.13. The van der Waals surface area contributed by atoms with E-state index in [1.807, 2.05) is 0 Å². The van der Waals surface area contributed by atoms with Gasteiger partial charge in [-0.1, -0.05) is 23.2 Å². The van der Waals surface area contributed by atoms with Gasteiger partial charge in [0.25, 0.3) is 0 Å². The highest BCUT2D eigenvalue weighted by atomic mass is 35.5. The molecule has 2 N–H and O–H groups in total. The largest absolute Gasteiger partial charge is 0.478 e. The van der Waals surface area contributed by atoms with Crippen molar-refractivity contribution in [1.82, 2.24) is 4.98 Å². The first-order valence-corrected chi connectivity index (χ1v) is 6.50. The van der Waals surface area contributed by atoms with Crippen LogP contribution in [0.25, 0.3) is 0 Å². The zero-order valence-corrected chi connectivity index (χ0v) is 11.3. The molecule has 0 atom stereocenters. The molecule has 2 aromatic rings. The molecule has 0 saturated heterocycles. The second-order valence-corrected chi connectivity index (χ2v) is 5.54. The molecule has 94 valence electrons. The Hall–Kier alpha value is -1.30. The summed E-state index contributed by atoms with van der Waals surface area (Å²) in [6.45, 7) is 0.563. The van der Waals surface area contributed by atoms with Gasteiger partial charge in [-0.25, -0.2) is 9.78 Å². The van der Waals surface area contributed by atoms with E-state index in [0.29, 0.717) is 11.0 Å². The van der Waals surface area contributed by atoms with Gasteiger partial charge in [-0.3, -0.25) is 0 Å². The van der Waals surface area contributed by atoms with Gasteiger partial charge in [0.2, 0.25) is 0 Å². The van der Waals surface area contributed by atoms with E-state index in [1.165, 1.54) is 17.4 Å². The fourth-order valence-electron chi connectivity index (χ4n) is 1.35. The third-order valence-electron chi connectivity index (χ3n) is 2.19. The van der Waals surface area contributed by atoms with E-state index in [9.17, 15) is 4.79 Å². The summed E-state index contributed by atoms with van der Waals surface area (Å²) in [4.78, 5) is 15.7. The molecule has 0 saturated carbocycles. The minimum Gasteiger partial charge on any atom is -0.478 e. The number of nitrogens with one attached hydrogen (secondary N) is 1. The molecule has 0 fully saturated rings. The van der Waals surface area contributed by atoms with Gasteiger partial charge in [0.15, 0.2) is 4.47 Å². The van der Waals surface area contributed by atoms with Crippen molar-refractivity contribution in [2.75, 3.05) is 5.32 Å². The molecule has 18 heavy (non-hydrogen) atoms. The second-order valence-electron chi connectivity index (χ2n) is 3.43. The van der Waals surface area contributed by atoms with Crippen LogP contribution in [0.1, 0.15) is 15.2 Å². The number of rotatable bonds is 4. The predicted octanol–water partition coefficient (Wildman–Crippen LogP) is 3.76. The molecule has 0 aliphatic carbocycles.